The number of benzene rings is 2. The van der Waals surface area contributed by atoms with Crippen molar-refractivity contribution in [2.24, 2.45) is 0 Å². The van der Waals surface area contributed by atoms with E-state index in [1.54, 1.807) is 22.9 Å². The summed E-state index contributed by atoms with van der Waals surface area (Å²) in [6.45, 7) is 4.98. The van der Waals surface area contributed by atoms with E-state index in [0.29, 0.717) is 37.2 Å². The number of nitrogens with zero attached hydrogens (tertiary/aromatic N) is 6. The average molecular weight is 456 g/mol. The van der Waals surface area contributed by atoms with Gasteiger partial charge in [0.2, 0.25) is 17.8 Å². The molecule has 1 aliphatic rings. The van der Waals surface area contributed by atoms with Gasteiger partial charge in [-0.25, -0.2) is 4.68 Å². The average Bonchev–Trinajstić information content (AvgIpc) is 3.24. The van der Waals surface area contributed by atoms with Gasteiger partial charge in [0, 0.05) is 23.7 Å². The Morgan fingerprint density at radius 3 is 2.76 bits per heavy atom. The Labute approximate surface area is 197 Å². The first-order valence-electron chi connectivity index (χ1n) is 11.1. The molecule has 0 spiro atoms. The van der Waals surface area contributed by atoms with Crippen molar-refractivity contribution < 1.29 is 9.53 Å². The molecule has 3 heterocycles. The van der Waals surface area contributed by atoms with Crippen LogP contribution < -0.4 is 15.0 Å². The molecule has 2 aromatic carbocycles. The van der Waals surface area contributed by atoms with E-state index in [4.69, 9.17) is 4.74 Å². The molecule has 0 saturated carbocycles. The molecular weight excluding hydrogens is 430 g/mol. The molecule has 0 atom stereocenters. The van der Waals surface area contributed by atoms with Gasteiger partial charge in [-0.3, -0.25) is 9.69 Å². The van der Waals surface area contributed by atoms with E-state index in [-0.39, 0.29) is 5.91 Å². The van der Waals surface area contributed by atoms with Gasteiger partial charge in [-0.05, 0) is 48.7 Å². The molecule has 9 heteroatoms. The number of amides is 1. The molecule has 172 valence electrons. The van der Waals surface area contributed by atoms with E-state index in [1.807, 2.05) is 62.4 Å². The predicted octanol–water partition coefficient (Wildman–Crippen LogP) is 4.04. The zero-order valence-electron chi connectivity index (χ0n) is 19.3. The summed E-state index contributed by atoms with van der Waals surface area (Å²) in [5.41, 5.74) is 5.59. The Hall–Kier alpha value is -4.27. The third-order valence-electron chi connectivity index (χ3n) is 5.85. The number of hydrogen-bond donors (Lipinski definition) is 1. The highest BCUT2D eigenvalue weighted by Gasteiger charge is 2.28. The van der Waals surface area contributed by atoms with Gasteiger partial charge in [0.05, 0.1) is 32.1 Å². The van der Waals surface area contributed by atoms with E-state index in [1.165, 1.54) is 0 Å². The van der Waals surface area contributed by atoms with Crippen LogP contribution in [0.4, 0.5) is 17.6 Å². The number of ether oxygens (including phenoxy) is 1. The molecule has 0 radical (unpaired) electrons. The summed E-state index contributed by atoms with van der Waals surface area (Å²) in [4.78, 5) is 19.0. The summed E-state index contributed by atoms with van der Waals surface area (Å²) < 4.78 is 7.38. The van der Waals surface area contributed by atoms with E-state index in [9.17, 15) is 4.79 Å². The number of carbonyl (C=O) groups is 1. The molecular formula is C25H25N7O2. The highest BCUT2D eigenvalue weighted by Crippen LogP contribution is 2.33. The predicted molar refractivity (Wildman–Crippen MR) is 129 cm³/mol. The van der Waals surface area contributed by atoms with Crippen LogP contribution in [-0.4, -0.2) is 38.0 Å². The standard InChI is InChI=1S/C25H25N7O2/c1-16-12-21(29-26-14-16)20-9-8-19(13-22(20)34-3)27-24-28-25-31(23(33)10-11-32(25)30-24)15-18-7-5-4-6-17(18)2/h4-9,12-14H,10-11,15H2,1-3H3,(H,27,30). The van der Waals surface area contributed by atoms with Crippen molar-refractivity contribution in [1.29, 1.82) is 0 Å². The zero-order valence-corrected chi connectivity index (χ0v) is 19.3. The molecule has 2 aromatic heterocycles. The van der Waals surface area contributed by atoms with Gasteiger partial charge in [-0.1, -0.05) is 24.3 Å². The third-order valence-corrected chi connectivity index (χ3v) is 5.85. The van der Waals surface area contributed by atoms with E-state index in [2.05, 4.69) is 25.6 Å². The number of fused-ring (bicyclic) bond motifs is 1. The van der Waals surface area contributed by atoms with E-state index < -0.39 is 0 Å². The summed E-state index contributed by atoms with van der Waals surface area (Å²) >= 11 is 0. The minimum absolute atomic E-state index is 0.0417. The largest absolute Gasteiger partial charge is 0.496 e. The van der Waals surface area contributed by atoms with Gasteiger partial charge in [-0.2, -0.15) is 15.2 Å². The fourth-order valence-electron chi connectivity index (χ4n) is 4.01. The van der Waals surface area contributed by atoms with Crippen molar-refractivity contribution in [3.05, 3.63) is 71.4 Å². The summed E-state index contributed by atoms with van der Waals surface area (Å²) in [6.07, 6.45) is 2.10. The van der Waals surface area contributed by atoms with Crippen LogP contribution in [0.2, 0.25) is 0 Å². The number of rotatable bonds is 6. The van der Waals surface area contributed by atoms with Gasteiger partial charge >= 0.3 is 0 Å². The maximum atomic E-state index is 12.7. The Morgan fingerprint density at radius 2 is 1.97 bits per heavy atom. The molecule has 0 saturated heterocycles. The summed E-state index contributed by atoms with van der Waals surface area (Å²) in [5, 5.41) is 16.1. The molecule has 5 rings (SSSR count). The van der Waals surface area contributed by atoms with Crippen LogP contribution >= 0.6 is 0 Å². The topological polar surface area (TPSA) is 98.1 Å². The lowest BCUT2D eigenvalue weighted by atomic mass is 10.1. The van der Waals surface area contributed by atoms with Crippen LogP contribution in [0.3, 0.4) is 0 Å². The summed E-state index contributed by atoms with van der Waals surface area (Å²) in [6, 6.07) is 15.7. The summed E-state index contributed by atoms with van der Waals surface area (Å²) in [7, 11) is 1.62. The number of nitrogens with one attached hydrogen (secondary N) is 1. The van der Waals surface area contributed by atoms with E-state index >= 15 is 0 Å². The van der Waals surface area contributed by atoms with Crippen molar-refractivity contribution >= 4 is 23.5 Å². The fourth-order valence-corrected chi connectivity index (χ4v) is 4.01. The van der Waals surface area contributed by atoms with Crippen molar-refractivity contribution in [1.82, 2.24) is 25.0 Å². The minimum Gasteiger partial charge on any atom is -0.496 e. The normalized spacial score (nSPS) is 13.0. The lowest BCUT2D eigenvalue weighted by Gasteiger charge is -2.26. The van der Waals surface area contributed by atoms with Gasteiger partial charge in [0.1, 0.15) is 5.75 Å². The number of methoxy groups -OCH3 is 1. The Morgan fingerprint density at radius 1 is 1.12 bits per heavy atom. The number of aromatic nitrogens is 5. The van der Waals surface area contributed by atoms with Gasteiger partial charge in [0.15, 0.2) is 0 Å². The molecule has 1 aliphatic heterocycles. The van der Waals surface area contributed by atoms with Crippen LogP contribution in [0.15, 0.2) is 54.7 Å². The lowest BCUT2D eigenvalue weighted by Crippen LogP contribution is -2.37. The number of anilines is 3. The second-order valence-corrected chi connectivity index (χ2v) is 8.27. The maximum Gasteiger partial charge on any atom is 0.248 e. The highest BCUT2D eigenvalue weighted by atomic mass is 16.5. The van der Waals surface area contributed by atoms with Crippen LogP contribution in [0.25, 0.3) is 11.3 Å². The SMILES string of the molecule is COc1cc(Nc2nc3n(n2)CCC(=O)N3Cc2ccccc2C)ccc1-c1cc(C)cnn1. The molecule has 0 unspecified atom stereocenters. The minimum atomic E-state index is 0.0417. The highest BCUT2D eigenvalue weighted by molar-refractivity contribution is 5.93. The van der Waals surface area contributed by atoms with Crippen molar-refractivity contribution in [3.63, 3.8) is 0 Å². The van der Waals surface area contributed by atoms with E-state index in [0.717, 1.165) is 33.6 Å². The van der Waals surface area contributed by atoms with Gasteiger partial charge in [0.25, 0.3) is 0 Å². The molecule has 1 N–H and O–H groups in total. The van der Waals surface area contributed by atoms with Crippen molar-refractivity contribution in [2.45, 2.75) is 33.4 Å². The molecule has 9 nitrogen and oxygen atoms in total. The first-order valence-corrected chi connectivity index (χ1v) is 11.1. The second kappa shape index (κ2) is 8.93. The zero-order chi connectivity index (χ0) is 23.7. The molecule has 1 amide bonds. The van der Waals surface area contributed by atoms with Crippen LogP contribution in [0, 0.1) is 13.8 Å². The Balaban J connectivity index is 1.41. The van der Waals surface area contributed by atoms with Crippen LogP contribution in [-0.2, 0) is 17.9 Å². The fraction of sp³-hybridized carbons (Fsp3) is 0.240. The molecule has 34 heavy (non-hydrogen) atoms. The second-order valence-electron chi connectivity index (χ2n) is 8.27. The van der Waals surface area contributed by atoms with Gasteiger partial charge in [-0.15, -0.1) is 5.10 Å². The molecule has 0 bridgehead atoms. The van der Waals surface area contributed by atoms with Crippen LogP contribution in [0.5, 0.6) is 5.75 Å². The lowest BCUT2D eigenvalue weighted by molar-refractivity contribution is -0.119. The Kier molecular flexibility index (Phi) is 5.67. The maximum absolute atomic E-state index is 12.7. The number of aryl methyl sites for hydroxylation is 3. The third kappa shape index (κ3) is 4.19. The number of carbonyl (C=O) groups excluding carboxylic acids is 1. The smallest absolute Gasteiger partial charge is 0.248 e. The number of hydrogen-bond acceptors (Lipinski definition) is 7. The summed E-state index contributed by atoms with van der Waals surface area (Å²) in [5.74, 6) is 1.66. The molecule has 0 aliphatic carbocycles. The van der Waals surface area contributed by atoms with Crippen LogP contribution in [0.1, 0.15) is 23.1 Å². The first kappa shape index (κ1) is 21.6. The molecule has 0 fully saturated rings. The molecule has 4 aromatic rings. The first-order chi connectivity index (χ1) is 16.5. The monoisotopic (exact) mass is 455 g/mol. The van der Waals surface area contributed by atoms with Gasteiger partial charge < -0.3 is 10.1 Å². The quantitative estimate of drug-likeness (QED) is 0.468. The van der Waals surface area contributed by atoms with Crippen molar-refractivity contribution in [2.75, 3.05) is 17.3 Å². The van der Waals surface area contributed by atoms with Crippen molar-refractivity contribution in [3.8, 4) is 17.0 Å². The Bertz CT molecular complexity index is 1370.